The van der Waals surface area contributed by atoms with Gasteiger partial charge in [0.1, 0.15) is 0 Å². The van der Waals surface area contributed by atoms with E-state index in [-0.39, 0.29) is 43.6 Å². The molecule has 8 nitrogen and oxygen atoms in total. The first-order valence-electron chi connectivity index (χ1n) is 32.4. The Morgan fingerprint density at radius 2 is 0.192 bits per heavy atom. The predicted octanol–water partition coefficient (Wildman–Crippen LogP) is 19.3. The molecule has 0 aliphatic carbocycles. The molecule has 0 fully saturated rings. The molecule has 0 amide bonds. The molecule has 0 atom stereocenters. The second-order valence-corrected chi connectivity index (χ2v) is 22.6. The van der Waals surface area contributed by atoms with Crippen LogP contribution in [-0.4, -0.2) is 145 Å². The van der Waals surface area contributed by atoms with Crippen molar-refractivity contribution < 1.29 is 61.6 Å². The van der Waals surface area contributed by atoms with Crippen molar-refractivity contribution in [1.82, 2.24) is 0 Å². The van der Waals surface area contributed by atoms with Crippen molar-refractivity contribution in [2.24, 2.45) is 0 Å². The summed E-state index contributed by atoms with van der Waals surface area (Å²) in [5, 5.41) is 0. The fourth-order valence-corrected chi connectivity index (χ4v) is 10.6. The van der Waals surface area contributed by atoms with Gasteiger partial charge in [0.15, 0.2) is 0 Å². The minimum Gasteiger partial charge on any atom is -0.870 e. The third-order valence-corrected chi connectivity index (χ3v) is 15.8. The van der Waals surface area contributed by atoms with E-state index < -0.39 is 0 Å². The van der Waals surface area contributed by atoms with Crippen LogP contribution in [0.25, 0.3) is 0 Å². The van der Waals surface area contributed by atoms with Gasteiger partial charge >= 0.3 is 0 Å². The minimum absolute atomic E-state index is 0. The summed E-state index contributed by atoms with van der Waals surface area (Å²) < 4.78 is 5.68. The maximum absolute atomic E-state index is 2.33. The Labute approximate surface area is 480 Å². The van der Waals surface area contributed by atoms with Crippen molar-refractivity contribution in [3.63, 3.8) is 0 Å². The van der Waals surface area contributed by atoms with Crippen LogP contribution in [0.5, 0.6) is 0 Å². The Morgan fingerprint density at radius 1 is 0.137 bits per heavy atom. The number of hydrogen-bond donors (Lipinski definition) is 0. The van der Waals surface area contributed by atoms with Gasteiger partial charge in [0.25, 0.3) is 0 Å². The molecular formula is C64H148N4O4Ti. The van der Waals surface area contributed by atoms with Crippen molar-refractivity contribution >= 4 is 0 Å². The average Bonchev–Trinajstić information content (AvgIpc) is 3.37. The van der Waals surface area contributed by atoms with Crippen LogP contribution < -0.4 is 0 Å². The molecule has 0 saturated heterocycles. The molecular weight excluding hydrogens is 937 g/mol. The summed E-state index contributed by atoms with van der Waals surface area (Å²) in [4.78, 5) is 0. The van der Waals surface area contributed by atoms with Gasteiger partial charge in [-0.1, -0.05) is 214 Å². The van der Waals surface area contributed by atoms with Gasteiger partial charge in [0, 0.05) is 21.7 Å². The summed E-state index contributed by atoms with van der Waals surface area (Å²) in [6.07, 6.45) is 44.2. The van der Waals surface area contributed by atoms with Crippen molar-refractivity contribution in [2.75, 3.05) is 105 Å². The maximum Gasteiger partial charge on any atom is 0.0786 e. The van der Waals surface area contributed by atoms with Crippen LogP contribution in [0.3, 0.4) is 0 Å². The summed E-state index contributed by atoms with van der Waals surface area (Å²) in [7, 11) is 0. The van der Waals surface area contributed by atoms with E-state index in [1.165, 1.54) is 328 Å². The van der Waals surface area contributed by atoms with Gasteiger partial charge in [0.2, 0.25) is 0 Å². The van der Waals surface area contributed by atoms with Gasteiger partial charge in [-0.15, -0.1) is 0 Å². The maximum atomic E-state index is 2.33. The van der Waals surface area contributed by atoms with Gasteiger partial charge < -0.3 is 39.8 Å². The third kappa shape index (κ3) is 55.5. The molecule has 0 aromatic heterocycles. The second-order valence-electron chi connectivity index (χ2n) is 22.6. The zero-order valence-corrected chi connectivity index (χ0v) is 55.6. The summed E-state index contributed by atoms with van der Waals surface area (Å²) in [6, 6.07) is 0. The van der Waals surface area contributed by atoms with Gasteiger partial charge in [-0.2, -0.15) is 0 Å². The molecule has 0 saturated carbocycles. The van der Waals surface area contributed by atoms with Crippen LogP contribution in [0.2, 0.25) is 0 Å². The van der Waals surface area contributed by atoms with E-state index in [0.717, 1.165) is 0 Å². The van der Waals surface area contributed by atoms with Gasteiger partial charge in [-0.05, 0) is 103 Å². The molecule has 0 heterocycles. The third-order valence-electron chi connectivity index (χ3n) is 15.8. The first-order valence-corrected chi connectivity index (χ1v) is 32.4. The Bertz CT molecular complexity index is 638. The van der Waals surface area contributed by atoms with Crippen LogP contribution in [-0.2, 0) is 21.7 Å². The number of quaternary nitrogens is 4. The van der Waals surface area contributed by atoms with E-state index in [2.05, 4.69) is 111 Å². The van der Waals surface area contributed by atoms with Gasteiger partial charge in [0.05, 0.1) is 105 Å². The van der Waals surface area contributed by atoms with Gasteiger partial charge in [-0.3, -0.25) is 0 Å². The average molecular weight is 1090 g/mol. The van der Waals surface area contributed by atoms with Crippen molar-refractivity contribution in [2.45, 2.75) is 316 Å². The van der Waals surface area contributed by atoms with Crippen LogP contribution in [0.15, 0.2) is 0 Å². The fourth-order valence-electron chi connectivity index (χ4n) is 10.6. The number of unbranched alkanes of at least 4 members (excludes halogenated alkanes) is 16. The number of hydrogen-bond acceptors (Lipinski definition) is 4. The fraction of sp³-hybridized carbons (Fsp3) is 1.00. The molecule has 0 aromatic carbocycles. The Hall–Kier alpha value is 0.394. The molecule has 0 bridgehead atoms. The Balaban J connectivity index is -0.000000104. The molecule has 4 N–H and O–H groups in total. The van der Waals surface area contributed by atoms with E-state index in [4.69, 9.17) is 0 Å². The van der Waals surface area contributed by atoms with E-state index in [1.54, 1.807) is 0 Å². The molecule has 0 rings (SSSR count). The monoisotopic (exact) mass is 1090 g/mol. The van der Waals surface area contributed by atoms with E-state index in [9.17, 15) is 0 Å². The summed E-state index contributed by atoms with van der Waals surface area (Å²) in [6.45, 7) is 60.1. The molecule has 73 heavy (non-hydrogen) atoms. The smallest absolute Gasteiger partial charge is 0.0786 e. The summed E-state index contributed by atoms with van der Waals surface area (Å²) in [5.41, 5.74) is 0. The van der Waals surface area contributed by atoms with Crippen molar-refractivity contribution in [1.29, 1.82) is 0 Å². The number of rotatable bonds is 48. The first kappa shape index (κ1) is 92.8. The van der Waals surface area contributed by atoms with Crippen molar-refractivity contribution in [3.8, 4) is 0 Å². The van der Waals surface area contributed by atoms with E-state index >= 15 is 0 Å². The van der Waals surface area contributed by atoms with E-state index in [0.29, 0.717) is 0 Å². The molecule has 0 aliphatic rings. The molecule has 9 heteroatoms. The topological polar surface area (TPSA) is 120 Å². The Kier molecular flexibility index (Phi) is 89.5. The van der Waals surface area contributed by atoms with Crippen LogP contribution in [0, 0.1) is 0 Å². The van der Waals surface area contributed by atoms with Crippen LogP contribution in [0.4, 0.5) is 0 Å². The Morgan fingerprint density at radius 3 is 0.233 bits per heavy atom. The quantitative estimate of drug-likeness (QED) is 0.0445. The molecule has 0 spiro atoms. The predicted molar refractivity (Wildman–Crippen MR) is 325 cm³/mol. The van der Waals surface area contributed by atoms with Crippen molar-refractivity contribution in [3.05, 3.63) is 0 Å². The first-order chi connectivity index (χ1) is 33.0. The zero-order chi connectivity index (χ0) is 51.9. The normalized spacial score (nSPS) is 11.2. The summed E-state index contributed by atoms with van der Waals surface area (Å²) in [5.74, 6) is 0. The van der Waals surface area contributed by atoms with Gasteiger partial charge in [-0.25, -0.2) is 0 Å². The van der Waals surface area contributed by atoms with E-state index in [1.807, 2.05) is 0 Å². The largest absolute Gasteiger partial charge is 0.870 e. The molecule has 0 aromatic rings. The zero-order valence-electron chi connectivity index (χ0n) is 54.0. The molecule has 452 valence electrons. The van der Waals surface area contributed by atoms with Crippen LogP contribution >= 0.6 is 0 Å². The van der Waals surface area contributed by atoms with Crippen LogP contribution in [0.1, 0.15) is 316 Å². The summed E-state index contributed by atoms with van der Waals surface area (Å²) >= 11 is 0. The molecule has 0 unspecified atom stereocenters. The standard InChI is InChI=1S/4C16H36N.4H2O.Ti/c4*1-5-9-13-17(14-10-6-2,15-11-7-3)16-12-8-4;;;;;/h4*5-16H2,1-4H3;4*1H2;/q4*+1;;;;;/p-4. The SMILES string of the molecule is CCCC[N+](CCCC)(CCCC)CCCC.CCCC[N+](CCCC)(CCCC)CCCC.CCCC[N+](CCCC)(CCCC)CCCC.CCCC[N+](CCCC)(CCCC)CCCC.[OH-].[OH-].[OH-].[OH-].[Ti]. The second kappa shape index (κ2) is 70.4. The molecule has 0 aliphatic heterocycles. The minimum atomic E-state index is 0. The number of nitrogens with zero attached hydrogens (tertiary/aromatic N) is 4. The molecule has 0 radical (unpaired) electrons.